The van der Waals surface area contributed by atoms with Crippen molar-refractivity contribution in [3.63, 3.8) is 0 Å². The molecule has 0 saturated heterocycles. The normalized spacial score (nSPS) is 12.6. The van der Waals surface area contributed by atoms with Crippen LogP contribution in [0.3, 0.4) is 0 Å². The summed E-state index contributed by atoms with van der Waals surface area (Å²) in [4.78, 5) is 11.1. The van der Waals surface area contributed by atoms with Crippen molar-refractivity contribution in [2.24, 2.45) is 0 Å². The average molecular weight is 204 g/mol. The molecule has 0 amide bonds. The summed E-state index contributed by atoms with van der Waals surface area (Å²) in [5.41, 5.74) is 0.983. The molecule has 0 aromatic heterocycles. The first kappa shape index (κ1) is 11.5. The van der Waals surface area contributed by atoms with Crippen molar-refractivity contribution < 1.29 is 9.90 Å². The first-order valence-corrected chi connectivity index (χ1v) is 4.95. The molecule has 1 N–H and O–H groups in total. The fourth-order valence-corrected chi connectivity index (χ4v) is 1.76. The summed E-state index contributed by atoms with van der Waals surface area (Å²) >= 11 is 0. The number of hydrogen-bond donors (Lipinski definition) is 1. The summed E-state index contributed by atoms with van der Waals surface area (Å²) in [5.74, 6) is -0.855. The molecule has 2 nitrogen and oxygen atoms in total. The molecule has 80 valence electrons. The molecule has 1 rings (SSSR count). The average Bonchev–Trinajstić information content (AvgIpc) is 2.19. The molecule has 0 spiro atoms. The van der Waals surface area contributed by atoms with Gasteiger partial charge in [0, 0.05) is 11.0 Å². The van der Waals surface area contributed by atoms with Gasteiger partial charge < -0.3 is 5.11 Å². The van der Waals surface area contributed by atoms with Gasteiger partial charge in [0.15, 0.2) is 0 Å². The Labute approximate surface area is 90.3 Å². The van der Waals surface area contributed by atoms with Crippen LogP contribution < -0.4 is 0 Å². The molecule has 0 unspecified atom stereocenters. The van der Waals surface area contributed by atoms with Gasteiger partial charge in [-0.1, -0.05) is 50.3 Å². The monoisotopic (exact) mass is 204 g/mol. The molecule has 0 aliphatic carbocycles. The van der Waals surface area contributed by atoms with Crippen LogP contribution in [0.1, 0.15) is 26.3 Å². The number of rotatable bonds is 3. The second kappa shape index (κ2) is 4.30. The van der Waals surface area contributed by atoms with E-state index in [0.29, 0.717) is 5.57 Å². The number of benzene rings is 1. The lowest BCUT2D eigenvalue weighted by atomic mass is 9.77. The topological polar surface area (TPSA) is 37.3 Å². The summed E-state index contributed by atoms with van der Waals surface area (Å²) in [6.45, 7) is 5.60. The van der Waals surface area contributed by atoms with Gasteiger partial charge >= 0.3 is 5.97 Å². The summed E-state index contributed by atoms with van der Waals surface area (Å²) in [6, 6.07) is 9.67. The first-order chi connectivity index (χ1) is 7.00. The van der Waals surface area contributed by atoms with Gasteiger partial charge in [-0.15, -0.1) is 0 Å². The molecule has 0 radical (unpaired) electrons. The van der Waals surface area contributed by atoms with Crippen molar-refractivity contribution in [1.29, 1.82) is 0 Å². The minimum atomic E-state index is -0.855. The predicted octanol–water partition coefficient (Wildman–Crippen LogP) is 3.00. The van der Waals surface area contributed by atoms with E-state index in [1.54, 1.807) is 13.0 Å². The Kier molecular flexibility index (Phi) is 3.30. The minimum absolute atomic E-state index is 0.425. The molecule has 0 aliphatic heterocycles. The van der Waals surface area contributed by atoms with Crippen LogP contribution in [-0.2, 0) is 10.2 Å². The molecule has 0 aliphatic rings. The quantitative estimate of drug-likeness (QED) is 0.768. The minimum Gasteiger partial charge on any atom is -0.478 e. The van der Waals surface area contributed by atoms with E-state index < -0.39 is 11.4 Å². The predicted molar refractivity (Wildman–Crippen MR) is 60.9 cm³/mol. The zero-order valence-corrected chi connectivity index (χ0v) is 9.32. The Morgan fingerprint density at radius 2 is 1.80 bits per heavy atom. The maximum absolute atomic E-state index is 11.1. The van der Waals surface area contributed by atoms with Gasteiger partial charge in [-0.3, -0.25) is 0 Å². The lowest BCUT2D eigenvalue weighted by Crippen LogP contribution is -2.25. The maximum atomic E-state index is 11.1. The van der Waals surface area contributed by atoms with Crippen molar-refractivity contribution in [1.82, 2.24) is 0 Å². The van der Waals surface area contributed by atoms with Gasteiger partial charge in [-0.05, 0) is 12.5 Å². The van der Waals surface area contributed by atoms with Crippen LogP contribution in [0.25, 0.3) is 0 Å². The zero-order chi connectivity index (χ0) is 11.5. The van der Waals surface area contributed by atoms with Gasteiger partial charge in [0.2, 0.25) is 0 Å². The Morgan fingerprint density at radius 3 is 2.20 bits per heavy atom. The molecule has 1 aromatic rings. The molecule has 0 heterocycles. The molecule has 1 aromatic carbocycles. The van der Waals surface area contributed by atoms with E-state index in [0.717, 1.165) is 5.56 Å². The number of carbonyl (C=O) groups is 1. The van der Waals surface area contributed by atoms with Gasteiger partial charge in [0.05, 0.1) is 0 Å². The molecule has 15 heavy (non-hydrogen) atoms. The highest BCUT2D eigenvalue weighted by Crippen LogP contribution is 2.31. The number of carboxylic acid groups (broad SMARTS) is 1. The van der Waals surface area contributed by atoms with E-state index in [1.165, 1.54) is 0 Å². The summed E-state index contributed by atoms with van der Waals surface area (Å²) in [5, 5.41) is 9.10. The van der Waals surface area contributed by atoms with Crippen LogP contribution >= 0.6 is 0 Å². The summed E-state index contributed by atoms with van der Waals surface area (Å²) < 4.78 is 0. The molecule has 2 heteroatoms. The largest absolute Gasteiger partial charge is 0.478 e. The van der Waals surface area contributed by atoms with E-state index in [-0.39, 0.29) is 0 Å². The van der Waals surface area contributed by atoms with Crippen LogP contribution in [0.4, 0.5) is 0 Å². The first-order valence-electron chi connectivity index (χ1n) is 4.95. The fourth-order valence-electron chi connectivity index (χ4n) is 1.76. The fraction of sp³-hybridized carbons (Fsp3) is 0.308. The SMILES string of the molecule is CC=C(C(=O)O)C(C)(C)c1ccccc1. The second-order valence-electron chi connectivity index (χ2n) is 4.00. The van der Waals surface area contributed by atoms with Crippen molar-refractivity contribution in [3.05, 3.63) is 47.5 Å². The third-order valence-electron chi connectivity index (χ3n) is 2.69. The third-order valence-corrected chi connectivity index (χ3v) is 2.69. The van der Waals surface area contributed by atoms with Crippen molar-refractivity contribution in [2.75, 3.05) is 0 Å². The van der Waals surface area contributed by atoms with Crippen LogP contribution in [0.15, 0.2) is 42.0 Å². The highest BCUT2D eigenvalue weighted by Gasteiger charge is 2.29. The van der Waals surface area contributed by atoms with Gasteiger partial charge in [-0.2, -0.15) is 0 Å². The van der Waals surface area contributed by atoms with E-state index in [2.05, 4.69) is 0 Å². The van der Waals surface area contributed by atoms with Crippen LogP contribution in [0.2, 0.25) is 0 Å². The van der Waals surface area contributed by atoms with Gasteiger partial charge in [0.25, 0.3) is 0 Å². The lowest BCUT2D eigenvalue weighted by Gasteiger charge is -2.26. The van der Waals surface area contributed by atoms with E-state index in [4.69, 9.17) is 5.11 Å². The van der Waals surface area contributed by atoms with E-state index >= 15 is 0 Å². The van der Waals surface area contributed by atoms with Crippen LogP contribution in [-0.4, -0.2) is 11.1 Å². The van der Waals surface area contributed by atoms with Crippen molar-refractivity contribution >= 4 is 5.97 Å². The molecule has 0 fully saturated rings. The van der Waals surface area contributed by atoms with E-state index in [9.17, 15) is 4.79 Å². The third kappa shape index (κ3) is 2.27. The molecule has 0 atom stereocenters. The summed E-state index contributed by atoms with van der Waals surface area (Å²) in [6.07, 6.45) is 1.66. The summed E-state index contributed by atoms with van der Waals surface area (Å²) in [7, 11) is 0. The standard InChI is InChI=1S/C13H16O2/c1-4-11(12(14)15)13(2,3)10-8-6-5-7-9-10/h4-9H,1-3H3,(H,14,15). The molecular formula is C13H16O2. The molecular weight excluding hydrogens is 188 g/mol. The van der Waals surface area contributed by atoms with Crippen molar-refractivity contribution in [3.8, 4) is 0 Å². The van der Waals surface area contributed by atoms with Gasteiger partial charge in [0.1, 0.15) is 0 Å². The van der Waals surface area contributed by atoms with Gasteiger partial charge in [-0.25, -0.2) is 4.79 Å². The zero-order valence-electron chi connectivity index (χ0n) is 9.32. The molecule has 0 bridgehead atoms. The smallest absolute Gasteiger partial charge is 0.332 e. The number of hydrogen-bond acceptors (Lipinski definition) is 1. The van der Waals surface area contributed by atoms with Crippen LogP contribution in [0, 0.1) is 0 Å². The Balaban J connectivity index is 3.18. The highest BCUT2D eigenvalue weighted by molar-refractivity contribution is 5.89. The number of carboxylic acids is 1. The number of allylic oxidation sites excluding steroid dienone is 1. The Morgan fingerprint density at radius 1 is 1.27 bits per heavy atom. The Hall–Kier alpha value is -1.57. The Bertz CT molecular complexity index is 375. The second-order valence-corrected chi connectivity index (χ2v) is 4.00. The number of aliphatic carboxylic acids is 1. The molecule has 0 saturated carbocycles. The maximum Gasteiger partial charge on any atom is 0.332 e. The lowest BCUT2D eigenvalue weighted by molar-refractivity contribution is -0.133. The van der Waals surface area contributed by atoms with Crippen molar-refractivity contribution in [2.45, 2.75) is 26.2 Å². The van der Waals surface area contributed by atoms with Crippen LogP contribution in [0.5, 0.6) is 0 Å². The highest BCUT2D eigenvalue weighted by atomic mass is 16.4. The van der Waals surface area contributed by atoms with E-state index in [1.807, 2.05) is 44.2 Å².